The number of halogens is 2. The smallest absolute Gasteiger partial charge is 0.248 e. The fraction of sp³-hybridized carbons (Fsp3) is 0.462. The molecular weight excluding hydrogens is 268 g/mol. The van der Waals surface area contributed by atoms with Gasteiger partial charge in [-0.2, -0.15) is 0 Å². The van der Waals surface area contributed by atoms with Crippen molar-refractivity contribution < 1.29 is 18.3 Å². The minimum absolute atomic E-state index is 0.181. The molecule has 7 heteroatoms. The van der Waals surface area contributed by atoms with Crippen LogP contribution in [0, 0.1) is 0 Å². The van der Waals surface area contributed by atoms with Crippen LogP contribution in [0.1, 0.15) is 36.0 Å². The van der Waals surface area contributed by atoms with Crippen LogP contribution in [0.15, 0.2) is 12.5 Å². The minimum atomic E-state index is -2.59. The maximum absolute atomic E-state index is 13.1. The average molecular weight is 281 g/mol. The molecule has 0 spiro atoms. The molecule has 0 bridgehead atoms. The first-order chi connectivity index (χ1) is 9.59. The molecular formula is C13H13F2N3O2. The largest absolute Gasteiger partial charge is 0.474 e. The van der Waals surface area contributed by atoms with E-state index in [0.29, 0.717) is 22.9 Å². The maximum Gasteiger partial charge on any atom is 0.248 e. The van der Waals surface area contributed by atoms with Gasteiger partial charge in [-0.1, -0.05) is 0 Å². The molecule has 0 radical (unpaired) electrons. The van der Waals surface area contributed by atoms with Gasteiger partial charge in [-0.3, -0.25) is 4.79 Å². The summed E-state index contributed by atoms with van der Waals surface area (Å²) < 4.78 is 31.9. The van der Waals surface area contributed by atoms with Crippen molar-refractivity contribution in [1.82, 2.24) is 15.0 Å². The van der Waals surface area contributed by atoms with Crippen molar-refractivity contribution in [1.29, 1.82) is 0 Å². The highest BCUT2D eigenvalue weighted by Gasteiger charge is 2.36. The Morgan fingerprint density at radius 1 is 1.35 bits per heavy atom. The Bertz CT molecular complexity index is 632. The van der Waals surface area contributed by atoms with E-state index in [0.717, 1.165) is 0 Å². The molecule has 2 aromatic rings. The number of hydrogen-bond acceptors (Lipinski definition) is 4. The van der Waals surface area contributed by atoms with Gasteiger partial charge in [0.2, 0.25) is 11.8 Å². The summed E-state index contributed by atoms with van der Waals surface area (Å²) in [4.78, 5) is 21.8. The van der Waals surface area contributed by atoms with Crippen LogP contribution in [-0.4, -0.2) is 33.3 Å². The number of carbonyl (C=O) groups is 1. The number of rotatable bonds is 3. The number of alkyl halides is 2. The summed E-state index contributed by atoms with van der Waals surface area (Å²) in [7, 11) is 0. The van der Waals surface area contributed by atoms with E-state index in [2.05, 4.69) is 15.0 Å². The van der Waals surface area contributed by atoms with Gasteiger partial charge in [-0.25, -0.2) is 18.7 Å². The van der Waals surface area contributed by atoms with Gasteiger partial charge in [0.05, 0.1) is 5.39 Å². The van der Waals surface area contributed by atoms with Crippen molar-refractivity contribution in [2.45, 2.75) is 37.7 Å². The molecule has 5 nitrogen and oxygen atoms in total. The highest BCUT2D eigenvalue weighted by atomic mass is 19.3. The van der Waals surface area contributed by atoms with Crippen LogP contribution in [0.4, 0.5) is 8.78 Å². The summed E-state index contributed by atoms with van der Waals surface area (Å²) >= 11 is 0. The Labute approximate surface area is 113 Å². The van der Waals surface area contributed by atoms with Crippen molar-refractivity contribution >= 4 is 17.3 Å². The lowest BCUT2D eigenvalue weighted by Crippen LogP contribution is -2.31. The van der Waals surface area contributed by atoms with E-state index in [-0.39, 0.29) is 37.7 Å². The van der Waals surface area contributed by atoms with E-state index in [1.165, 1.54) is 12.5 Å². The number of nitrogens with one attached hydrogen (secondary N) is 1. The first kappa shape index (κ1) is 13.0. The molecule has 0 aliphatic heterocycles. The number of carbonyl (C=O) groups excluding carboxylic acids is 1. The van der Waals surface area contributed by atoms with Crippen molar-refractivity contribution in [2.24, 2.45) is 0 Å². The third-order valence-electron chi connectivity index (χ3n) is 3.53. The van der Waals surface area contributed by atoms with Gasteiger partial charge in [0.15, 0.2) is 6.29 Å². The molecule has 0 unspecified atom stereocenters. The second-order valence-electron chi connectivity index (χ2n) is 4.94. The molecule has 1 N–H and O–H groups in total. The van der Waals surface area contributed by atoms with Crippen LogP contribution in [-0.2, 0) is 0 Å². The van der Waals surface area contributed by atoms with E-state index < -0.39 is 5.92 Å². The van der Waals surface area contributed by atoms with E-state index in [4.69, 9.17) is 4.74 Å². The summed E-state index contributed by atoms with van der Waals surface area (Å²) in [5.74, 6) is -2.32. The quantitative estimate of drug-likeness (QED) is 0.878. The second-order valence-corrected chi connectivity index (χ2v) is 4.94. The lowest BCUT2D eigenvalue weighted by Gasteiger charge is -2.28. The molecule has 20 heavy (non-hydrogen) atoms. The summed E-state index contributed by atoms with van der Waals surface area (Å²) in [6.07, 6.45) is 3.41. The summed E-state index contributed by atoms with van der Waals surface area (Å²) in [6.45, 7) is 0. The van der Waals surface area contributed by atoms with Crippen molar-refractivity contribution in [3.8, 4) is 5.88 Å². The van der Waals surface area contributed by atoms with E-state index in [9.17, 15) is 13.6 Å². The van der Waals surface area contributed by atoms with Gasteiger partial charge in [0, 0.05) is 24.6 Å². The zero-order chi connectivity index (χ0) is 14.2. The first-order valence-corrected chi connectivity index (χ1v) is 6.41. The van der Waals surface area contributed by atoms with Gasteiger partial charge in [-0.05, 0) is 12.8 Å². The van der Waals surface area contributed by atoms with Gasteiger partial charge in [-0.15, -0.1) is 0 Å². The molecule has 0 atom stereocenters. The molecule has 1 saturated carbocycles. The highest BCUT2D eigenvalue weighted by Crippen LogP contribution is 2.35. The number of aromatic amines is 1. The van der Waals surface area contributed by atoms with Crippen LogP contribution in [0.3, 0.4) is 0 Å². The standard InChI is InChI=1S/C13H13F2N3O2/c14-13(15)3-1-9(2-4-13)20-12-10-8(6-19)5-16-11(10)17-7-18-12/h5-7,9H,1-4H2,(H,16,17,18). The molecule has 2 heterocycles. The molecule has 2 aromatic heterocycles. The van der Waals surface area contributed by atoms with Gasteiger partial charge in [0.1, 0.15) is 18.1 Å². The summed E-state index contributed by atoms with van der Waals surface area (Å²) in [5.41, 5.74) is 0.898. The third-order valence-corrected chi connectivity index (χ3v) is 3.53. The molecule has 106 valence electrons. The molecule has 0 amide bonds. The van der Waals surface area contributed by atoms with Crippen molar-refractivity contribution in [2.75, 3.05) is 0 Å². The molecule has 1 fully saturated rings. The summed E-state index contributed by atoms with van der Waals surface area (Å²) in [5, 5.41) is 0.500. The number of nitrogens with zero attached hydrogens (tertiary/aromatic N) is 2. The third kappa shape index (κ3) is 2.35. The topological polar surface area (TPSA) is 67.9 Å². The number of H-pyrrole nitrogens is 1. The maximum atomic E-state index is 13.1. The minimum Gasteiger partial charge on any atom is -0.474 e. The number of aromatic nitrogens is 3. The number of fused-ring (bicyclic) bond motifs is 1. The van der Waals surface area contributed by atoms with Crippen LogP contribution in [0.5, 0.6) is 5.88 Å². The predicted molar refractivity (Wildman–Crippen MR) is 67.1 cm³/mol. The van der Waals surface area contributed by atoms with E-state index >= 15 is 0 Å². The Kier molecular flexibility index (Phi) is 3.11. The van der Waals surface area contributed by atoms with Crippen LogP contribution in [0.25, 0.3) is 11.0 Å². The molecule has 1 aliphatic carbocycles. The van der Waals surface area contributed by atoms with Gasteiger partial charge < -0.3 is 9.72 Å². The SMILES string of the molecule is O=Cc1c[nH]c2ncnc(OC3CCC(F)(F)CC3)c12. The van der Waals surface area contributed by atoms with Crippen LogP contribution in [0.2, 0.25) is 0 Å². The average Bonchev–Trinajstić information content (AvgIpc) is 2.85. The molecule has 1 aliphatic rings. The Morgan fingerprint density at radius 3 is 2.80 bits per heavy atom. The zero-order valence-electron chi connectivity index (χ0n) is 10.6. The van der Waals surface area contributed by atoms with Gasteiger partial charge in [0.25, 0.3) is 0 Å². The lowest BCUT2D eigenvalue weighted by molar-refractivity contribution is -0.0586. The first-order valence-electron chi connectivity index (χ1n) is 6.41. The van der Waals surface area contributed by atoms with E-state index in [1.54, 1.807) is 0 Å². The number of ether oxygens (including phenoxy) is 1. The Morgan fingerprint density at radius 2 is 2.10 bits per heavy atom. The monoisotopic (exact) mass is 281 g/mol. The number of hydrogen-bond donors (Lipinski definition) is 1. The molecule has 0 saturated heterocycles. The Balaban J connectivity index is 1.84. The fourth-order valence-electron chi connectivity index (χ4n) is 2.43. The van der Waals surface area contributed by atoms with Crippen LogP contribution < -0.4 is 4.74 Å². The summed E-state index contributed by atoms with van der Waals surface area (Å²) in [6, 6.07) is 0. The van der Waals surface area contributed by atoms with Gasteiger partial charge >= 0.3 is 0 Å². The predicted octanol–water partition coefficient (Wildman–Crippen LogP) is 2.73. The number of aldehydes is 1. The highest BCUT2D eigenvalue weighted by molar-refractivity contribution is 5.98. The van der Waals surface area contributed by atoms with E-state index in [1.807, 2.05) is 0 Å². The normalized spacial score (nSPS) is 19.1. The molecule has 3 rings (SSSR count). The molecule has 0 aromatic carbocycles. The van der Waals surface area contributed by atoms with Crippen molar-refractivity contribution in [3.05, 3.63) is 18.1 Å². The Hall–Kier alpha value is -2.05. The zero-order valence-corrected chi connectivity index (χ0v) is 10.6. The van der Waals surface area contributed by atoms with Crippen molar-refractivity contribution in [3.63, 3.8) is 0 Å². The fourth-order valence-corrected chi connectivity index (χ4v) is 2.43. The lowest BCUT2D eigenvalue weighted by atomic mass is 9.94. The second kappa shape index (κ2) is 4.81. The van der Waals surface area contributed by atoms with Crippen LogP contribution >= 0.6 is 0 Å².